The maximum atomic E-state index is 4.78. The molecular formula is C17H26IN7S. The second-order valence-electron chi connectivity index (χ2n) is 5.77. The van der Waals surface area contributed by atoms with E-state index < -0.39 is 0 Å². The number of anilines is 1. The Labute approximate surface area is 176 Å². The summed E-state index contributed by atoms with van der Waals surface area (Å²) in [4.78, 5) is 23.7. The van der Waals surface area contributed by atoms with Crippen LogP contribution >= 0.6 is 35.3 Å². The Bertz CT molecular complexity index is 683. The van der Waals surface area contributed by atoms with E-state index in [9.17, 15) is 0 Å². The molecule has 1 aliphatic heterocycles. The van der Waals surface area contributed by atoms with E-state index in [-0.39, 0.29) is 24.0 Å². The first-order valence-electron chi connectivity index (χ1n) is 8.79. The Hall–Kier alpha value is -1.49. The van der Waals surface area contributed by atoms with Crippen LogP contribution in [0.5, 0.6) is 0 Å². The third kappa shape index (κ3) is 5.50. The molecule has 3 rings (SSSR count). The van der Waals surface area contributed by atoms with E-state index in [2.05, 4.69) is 43.9 Å². The fraction of sp³-hybridized carbons (Fsp3) is 0.529. The highest BCUT2D eigenvalue weighted by molar-refractivity contribution is 14.0. The number of aliphatic imine (C=N–C) groups is 1. The second-order valence-corrected chi connectivity index (χ2v) is 6.97. The minimum atomic E-state index is 0. The van der Waals surface area contributed by atoms with Crippen LogP contribution in [-0.2, 0) is 13.0 Å². The normalized spacial score (nSPS) is 14.9. The zero-order valence-electron chi connectivity index (χ0n) is 15.3. The van der Waals surface area contributed by atoms with Gasteiger partial charge in [0.15, 0.2) is 5.96 Å². The van der Waals surface area contributed by atoms with Crippen LogP contribution in [0.25, 0.3) is 0 Å². The molecule has 1 fully saturated rings. The SMILES string of the molecule is CCNC(=NCc1ncc(CC)s1)N1CCN(c2ncccn2)CC1.I. The monoisotopic (exact) mass is 487 g/mol. The number of hydrogen-bond acceptors (Lipinski definition) is 6. The summed E-state index contributed by atoms with van der Waals surface area (Å²) in [5.74, 6) is 1.77. The van der Waals surface area contributed by atoms with Gasteiger partial charge in [-0.25, -0.2) is 19.9 Å². The quantitative estimate of drug-likeness (QED) is 0.397. The molecule has 0 spiro atoms. The first-order valence-corrected chi connectivity index (χ1v) is 9.60. The number of nitrogens with zero attached hydrogens (tertiary/aromatic N) is 6. The van der Waals surface area contributed by atoms with Crippen molar-refractivity contribution >= 4 is 47.2 Å². The van der Waals surface area contributed by atoms with Gasteiger partial charge in [-0.05, 0) is 19.4 Å². The predicted octanol–water partition coefficient (Wildman–Crippen LogP) is 2.40. The van der Waals surface area contributed by atoms with Gasteiger partial charge in [-0.2, -0.15) is 0 Å². The summed E-state index contributed by atoms with van der Waals surface area (Å²) in [6.45, 7) is 9.35. The lowest BCUT2D eigenvalue weighted by molar-refractivity contribution is 0.370. The van der Waals surface area contributed by atoms with Crippen LogP contribution in [0.4, 0.5) is 5.95 Å². The molecule has 0 amide bonds. The van der Waals surface area contributed by atoms with Crippen LogP contribution in [0, 0.1) is 0 Å². The summed E-state index contributed by atoms with van der Waals surface area (Å²) < 4.78 is 0. The minimum absolute atomic E-state index is 0. The molecule has 3 heterocycles. The molecule has 7 nitrogen and oxygen atoms in total. The molecule has 0 bridgehead atoms. The van der Waals surface area contributed by atoms with Gasteiger partial charge in [0.25, 0.3) is 0 Å². The van der Waals surface area contributed by atoms with Gasteiger partial charge in [0.05, 0.1) is 6.54 Å². The van der Waals surface area contributed by atoms with Crippen LogP contribution in [0.1, 0.15) is 23.7 Å². The smallest absolute Gasteiger partial charge is 0.225 e. The Morgan fingerprint density at radius 3 is 2.50 bits per heavy atom. The van der Waals surface area contributed by atoms with Crippen molar-refractivity contribution in [1.82, 2.24) is 25.2 Å². The van der Waals surface area contributed by atoms with Gasteiger partial charge in [-0.15, -0.1) is 35.3 Å². The molecule has 2 aromatic rings. The summed E-state index contributed by atoms with van der Waals surface area (Å²) in [6.07, 6.45) is 6.57. The molecule has 0 aliphatic carbocycles. The molecule has 0 aromatic carbocycles. The first kappa shape index (κ1) is 20.8. The predicted molar refractivity (Wildman–Crippen MR) is 118 cm³/mol. The molecule has 1 aliphatic rings. The lowest BCUT2D eigenvalue weighted by Gasteiger charge is -2.36. The van der Waals surface area contributed by atoms with Gasteiger partial charge in [0.1, 0.15) is 5.01 Å². The number of aryl methyl sites for hydroxylation is 1. The number of hydrogen-bond donors (Lipinski definition) is 1. The number of guanidine groups is 1. The molecular weight excluding hydrogens is 461 g/mol. The molecule has 142 valence electrons. The Morgan fingerprint density at radius 2 is 1.88 bits per heavy atom. The highest BCUT2D eigenvalue weighted by atomic mass is 127. The largest absolute Gasteiger partial charge is 0.357 e. The first-order chi connectivity index (χ1) is 12.3. The molecule has 2 aromatic heterocycles. The fourth-order valence-corrected chi connectivity index (χ4v) is 3.51. The molecule has 9 heteroatoms. The van der Waals surface area contributed by atoms with Crippen molar-refractivity contribution in [3.63, 3.8) is 0 Å². The molecule has 0 unspecified atom stereocenters. The molecule has 26 heavy (non-hydrogen) atoms. The minimum Gasteiger partial charge on any atom is -0.357 e. The molecule has 0 atom stereocenters. The van der Waals surface area contributed by atoms with Crippen LogP contribution in [-0.4, -0.2) is 58.5 Å². The molecule has 1 saturated heterocycles. The average Bonchev–Trinajstić information content (AvgIpc) is 3.14. The lowest BCUT2D eigenvalue weighted by Crippen LogP contribution is -2.52. The summed E-state index contributed by atoms with van der Waals surface area (Å²) >= 11 is 1.75. The summed E-state index contributed by atoms with van der Waals surface area (Å²) in [5.41, 5.74) is 0. The van der Waals surface area contributed by atoms with E-state index in [4.69, 9.17) is 4.99 Å². The Kier molecular flexibility index (Phi) is 8.49. The number of aromatic nitrogens is 3. The van der Waals surface area contributed by atoms with Crippen LogP contribution in [0.2, 0.25) is 0 Å². The van der Waals surface area contributed by atoms with Gasteiger partial charge >= 0.3 is 0 Å². The Balaban J connectivity index is 0.00000243. The number of thiazole rings is 1. The van der Waals surface area contributed by atoms with Crippen molar-refractivity contribution < 1.29 is 0 Å². The summed E-state index contributed by atoms with van der Waals surface area (Å²) in [7, 11) is 0. The molecule has 1 N–H and O–H groups in total. The van der Waals surface area contributed by atoms with Crippen LogP contribution in [0.15, 0.2) is 29.6 Å². The zero-order chi connectivity index (χ0) is 17.5. The lowest BCUT2D eigenvalue weighted by atomic mass is 10.3. The average molecular weight is 487 g/mol. The van der Waals surface area contributed by atoms with Crippen LogP contribution < -0.4 is 10.2 Å². The second kappa shape index (κ2) is 10.6. The number of nitrogens with one attached hydrogen (secondary N) is 1. The maximum Gasteiger partial charge on any atom is 0.225 e. The van der Waals surface area contributed by atoms with Crippen molar-refractivity contribution in [3.05, 3.63) is 34.5 Å². The van der Waals surface area contributed by atoms with E-state index in [1.165, 1.54) is 4.88 Å². The topological polar surface area (TPSA) is 69.5 Å². The van der Waals surface area contributed by atoms with E-state index in [1.807, 2.05) is 12.3 Å². The van der Waals surface area contributed by atoms with Crippen molar-refractivity contribution in [1.29, 1.82) is 0 Å². The summed E-state index contributed by atoms with van der Waals surface area (Å²) in [6, 6.07) is 1.85. The number of halogens is 1. The summed E-state index contributed by atoms with van der Waals surface area (Å²) in [5, 5.41) is 4.47. The van der Waals surface area contributed by atoms with Gasteiger partial charge in [0, 0.05) is 56.2 Å². The highest BCUT2D eigenvalue weighted by Crippen LogP contribution is 2.15. The molecule has 0 saturated carbocycles. The van der Waals surface area contributed by atoms with E-state index in [1.54, 1.807) is 23.7 Å². The Morgan fingerprint density at radius 1 is 1.15 bits per heavy atom. The zero-order valence-corrected chi connectivity index (χ0v) is 18.4. The van der Waals surface area contributed by atoms with Crippen molar-refractivity contribution in [2.75, 3.05) is 37.6 Å². The van der Waals surface area contributed by atoms with E-state index in [0.717, 1.165) is 56.1 Å². The van der Waals surface area contributed by atoms with E-state index >= 15 is 0 Å². The van der Waals surface area contributed by atoms with Gasteiger partial charge in [-0.3, -0.25) is 0 Å². The van der Waals surface area contributed by atoms with Crippen LogP contribution in [0.3, 0.4) is 0 Å². The van der Waals surface area contributed by atoms with Gasteiger partial charge in [-0.1, -0.05) is 6.92 Å². The standard InChI is InChI=1S/C17H25N7S.HI/c1-3-14-12-21-15(25-14)13-22-16(18-4-2)23-8-10-24(11-9-23)17-19-6-5-7-20-17;/h5-7,12H,3-4,8-11,13H2,1-2H3,(H,18,22);1H. The third-order valence-corrected chi connectivity index (χ3v) is 5.19. The van der Waals surface area contributed by atoms with Crippen molar-refractivity contribution in [2.24, 2.45) is 4.99 Å². The van der Waals surface area contributed by atoms with Crippen molar-refractivity contribution in [3.8, 4) is 0 Å². The van der Waals surface area contributed by atoms with E-state index in [0.29, 0.717) is 6.54 Å². The molecule has 0 radical (unpaired) electrons. The van der Waals surface area contributed by atoms with Gasteiger partial charge in [0.2, 0.25) is 5.95 Å². The van der Waals surface area contributed by atoms with Crippen molar-refractivity contribution in [2.45, 2.75) is 26.8 Å². The third-order valence-electron chi connectivity index (χ3n) is 4.06. The number of piperazine rings is 1. The maximum absolute atomic E-state index is 4.78. The fourth-order valence-electron chi connectivity index (χ4n) is 2.73. The number of rotatable bonds is 5. The highest BCUT2D eigenvalue weighted by Gasteiger charge is 2.21. The van der Waals surface area contributed by atoms with Gasteiger partial charge < -0.3 is 15.1 Å².